The molecule has 1 fully saturated rings. The molecule has 0 saturated carbocycles. The van der Waals surface area contributed by atoms with Crippen molar-refractivity contribution in [2.45, 2.75) is 65.7 Å². The summed E-state index contributed by atoms with van der Waals surface area (Å²) in [5.41, 5.74) is 0. The molecule has 1 amide bonds. The van der Waals surface area contributed by atoms with Gasteiger partial charge in [0.15, 0.2) is 0 Å². The molecule has 18 heavy (non-hydrogen) atoms. The van der Waals surface area contributed by atoms with Crippen LogP contribution in [0.3, 0.4) is 0 Å². The van der Waals surface area contributed by atoms with E-state index in [1.807, 2.05) is 6.92 Å². The van der Waals surface area contributed by atoms with Gasteiger partial charge in [-0.25, -0.2) is 0 Å². The molecule has 1 heterocycles. The summed E-state index contributed by atoms with van der Waals surface area (Å²) in [4.78, 5) is 11.1. The lowest BCUT2D eigenvalue weighted by molar-refractivity contribution is -0.121. The predicted molar refractivity (Wildman–Crippen MR) is 78.7 cm³/mol. The van der Waals surface area contributed by atoms with Gasteiger partial charge in [-0.05, 0) is 31.8 Å². The van der Waals surface area contributed by atoms with Crippen molar-refractivity contribution in [3.8, 4) is 0 Å². The number of hydrogen-bond donors (Lipinski definition) is 2. The van der Waals surface area contributed by atoms with Gasteiger partial charge in [0.25, 0.3) is 0 Å². The van der Waals surface area contributed by atoms with Crippen molar-refractivity contribution in [3.63, 3.8) is 0 Å². The monoisotopic (exact) mass is 256 g/mol. The number of unbranched alkanes of at least 4 members (excludes halogenated alkanes) is 3. The molecule has 1 aliphatic rings. The van der Waals surface area contributed by atoms with Crippen LogP contribution in [0.25, 0.3) is 0 Å². The molecule has 3 heteroatoms. The van der Waals surface area contributed by atoms with Crippen molar-refractivity contribution in [2.24, 2.45) is 5.92 Å². The van der Waals surface area contributed by atoms with Crippen molar-refractivity contribution < 1.29 is 4.79 Å². The van der Waals surface area contributed by atoms with Gasteiger partial charge in [-0.2, -0.15) is 0 Å². The standard InChI is InChI=1S/C9H18N2O.C6H14/c1-2-3-9(12)11-7-8-4-5-10-6-8;1-3-5-6-4-2/h8,10H,2-7H2,1H3,(H,11,12);3-6H2,1-2H3. The maximum Gasteiger partial charge on any atom is 0.219 e. The van der Waals surface area contributed by atoms with Gasteiger partial charge in [-0.3, -0.25) is 4.79 Å². The quantitative estimate of drug-likeness (QED) is 0.687. The molecule has 3 nitrogen and oxygen atoms in total. The topological polar surface area (TPSA) is 41.1 Å². The van der Waals surface area contributed by atoms with Crippen molar-refractivity contribution in [1.29, 1.82) is 0 Å². The Morgan fingerprint density at radius 1 is 1.17 bits per heavy atom. The van der Waals surface area contributed by atoms with Crippen LogP contribution in [0.2, 0.25) is 0 Å². The second kappa shape index (κ2) is 12.9. The van der Waals surface area contributed by atoms with E-state index < -0.39 is 0 Å². The summed E-state index contributed by atoms with van der Waals surface area (Å²) in [7, 11) is 0. The molecule has 1 unspecified atom stereocenters. The van der Waals surface area contributed by atoms with Gasteiger partial charge in [0.1, 0.15) is 0 Å². The number of amides is 1. The first kappa shape index (κ1) is 17.4. The van der Waals surface area contributed by atoms with Gasteiger partial charge < -0.3 is 10.6 Å². The van der Waals surface area contributed by atoms with E-state index in [-0.39, 0.29) is 5.91 Å². The average Bonchev–Trinajstić information content (AvgIpc) is 2.88. The van der Waals surface area contributed by atoms with E-state index in [0.29, 0.717) is 12.3 Å². The summed E-state index contributed by atoms with van der Waals surface area (Å²) >= 11 is 0. The van der Waals surface area contributed by atoms with Crippen LogP contribution in [0.1, 0.15) is 65.7 Å². The molecule has 0 radical (unpaired) electrons. The van der Waals surface area contributed by atoms with Crippen LogP contribution >= 0.6 is 0 Å². The van der Waals surface area contributed by atoms with Crippen molar-refractivity contribution >= 4 is 5.91 Å². The molecule has 2 N–H and O–H groups in total. The highest BCUT2D eigenvalue weighted by atomic mass is 16.1. The van der Waals surface area contributed by atoms with Gasteiger partial charge in [0, 0.05) is 13.0 Å². The Labute approximate surface area is 113 Å². The van der Waals surface area contributed by atoms with Crippen LogP contribution in [0.4, 0.5) is 0 Å². The van der Waals surface area contributed by atoms with E-state index in [1.165, 1.54) is 32.1 Å². The minimum absolute atomic E-state index is 0.199. The van der Waals surface area contributed by atoms with Crippen LogP contribution in [0, 0.1) is 5.92 Å². The lowest BCUT2D eigenvalue weighted by atomic mass is 10.1. The summed E-state index contributed by atoms with van der Waals surface area (Å²) in [5, 5.41) is 6.22. The van der Waals surface area contributed by atoms with Gasteiger partial charge >= 0.3 is 0 Å². The van der Waals surface area contributed by atoms with Gasteiger partial charge in [0.05, 0.1) is 0 Å². The highest BCUT2D eigenvalue weighted by molar-refractivity contribution is 5.75. The molecule has 0 aromatic heterocycles. The van der Waals surface area contributed by atoms with E-state index in [4.69, 9.17) is 0 Å². The summed E-state index contributed by atoms with van der Waals surface area (Å²) in [5.74, 6) is 0.857. The minimum atomic E-state index is 0.199. The molecule has 1 rings (SSSR count). The molecule has 0 aromatic rings. The summed E-state index contributed by atoms with van der Waals surface area (Å²) in [6.07, 6.45) is 8.34. The molecule has 1 atom stereocenters. The third kappa shape index (κ3) is 10.6. The van der Waals surface area contributed by atoms with Crippen molar-refractivity contribution in [1.82, 2.24) is 10.6 Å². The Kier molecular flexibility index (Phi) is 12.5. The predicted octanol–water partition coefficient (Wildman–Crippen LogP) is 3.10. The molecule has 108 valence electrons. The van der Waals surface area contributed by atoms with E-state index in [2.05, 4.69) is 24.5 Å². The maximum atomic E-state index is 11.1. The second-order valence-electron chi connectivity index (χ2n) is 5.12. The zero-order valence-electron chi connectivity index (χ0n) is 12.6. The first-order valence-electron chi connectivity index (χ1n) is 7.71. The molecule has 0 bridgehead atoms. The Morgan fingerprint density at radius 2 is 1.83 bits per heavy atom. The molecule has 0 spiro atoms. The fraction of sp³-hybridized carbons (Fsp3) is 0.933. The van der Waals surface area contributed by atoms with Crippen LogP contribution in [0.5, 0.6) is 0 Å². The van der Waals surface area contributed by atoms with Gasteiger partial charge in [0.2, 0.25) is 5.91 Å². The normalized spacial score (nSPS) is 18.1. The van der Waals surface area contributed by atoms with Crippen molar-refractivity contribution in [3.05, 3.63) is 0 Å². The molecular formula is C15H32N2O. The van der Waals surface area contributed by atoms with Crippen LogP contribution in [-0.2, 0) is 4.79 Å². The molecule has 1 saturated heterocycles. The van der Waals surface area contributed by atoms with Crippen molar-refractivity contribution in [2.75, 3.05) is 19.6 Å². The van der Waals surface area contributed by atoms with Gasteiger partial charge in [-0.1, -0.05) is 46.5 Å². The Balaban J connectivity index is 0.000000411. The number of carbonyl (C=O) groups excluding carboxylic acids is 1. The van der Waals surface area contributed by atoms with E-state index in [0.717, 1.165) is 26.1 Å². The first-order valence-corrected chi connectivity index (χ1v) is 7.71. The number of nitrogens with one attached hydrogen (secondary N) is 2. The molecular weight excluding hydrogens is 224 g/mol. The smallest absolute Gasteiger partial charge is 0.219 e. The van der Waals surface area contributed by atoms with Gasteiger partial charge in [-0.15, -0.1) is 0 Å². The fourth-order valence-corrected chi connectivity index (χ4v) is 1.96. The maximum absolute atomic E-state index is 11.1. The molecule has 0 aromatic carbocycles. The summed E-state index contributed by atoms with van der Waals surface area (Å²) < 4.78 is 0. The SMILES string of the molecule is CCCC(=O)NCC1CCNC1.CCCCCC. The fourth-order valence-electron chi connectivity index (χ4n) is 1.96. The second-order valence-corrected chi connectivity index (χ2v) is 5.12. The molecule has 0 aliphatic carbocycles. The Hall–Kier alpha value is -0.570. The Bertz CT molecular complexity index is 185. The van der Waals surface area contributed by atoms with E-state index >= 15 is 0 Å². The summed E-state index contributed by atoms with van der Waals surface area (Å²) in [6.45, 7) is 9.51. The zero-order valence-corrected chi connectivity index (χ0v) is 12.6. The summed E-state index contributed by atoms with van der Waals surface area (Å²) in [6, 6.07) is 0. The Morgan fingerprint density at radius 3 is 2.28 bits per heavy atom. The highest BCUT2D eigenvalue weighted by Crippen LogP contribution is 2.05. The number of rotatable bonds is 7. The lowest BCUT2D eigenvalue weighted by Crippen LogP contribution is -2.29. The highest BCUT2D eigenvalue weighted by Gasteiger charge is 2.14. The third-order valence-electron chi connectivity index (χ3n) is 3.18. The average molecular weight is 256 g/mol. The molecule has 1 aliphatic heterocycles. The first-order chi connectivity index (χ1) is 8.74. The minimum Gasteiger partial charge on any atom is -0.356 e. The van der Waals surface area contributed by atoms with Crippen LogP contribution in [-0.4, -0.2) is 25.5 Å². The number of hydrogen-bond acceptors (Lipinski definition) is 2. The largest absolute Gasteiger partial charge is 0.356 e. The number of carbonyl (C=O) groups is 1. The third-order valence-corrected chi connectivity index (χ3v) is 3.18. The zero-order chi connectivity index (χ0) is 13.6. The lowest BCUT2D eigenvalue weighted by Gasteiger charge is -2.08. The van der Waals surface area contributed by atoms with E-state index in [1.54, 1.807) is 0 Å². The van der Waals surface area contributed by atoms with Crippen LogP contribution in [0.15, 0.2) is 0 Å². The van der Waals surface area contributed by atoms with E-state index in [9.17, 15) is 4.79 Å². The van der Waals surface area contributed by atoms with Crippen LogP contribution < -0.4 is 10.6 Å².